The molecule has 2 rings (SSSR count). The standard InChI is InChI=1S/C24H19ClF6O6/c1-2-34-21(22(32)33)13-16-7-8-20(19(25)12-16)35-9-5-3-4-6-15-10-17(36-23(26,27)28)14-18(11-15)37-24(29,30)31/h3,5,7-8,10-12,14,21H,2,9,13H2,1H3,(H,32,33). The highest BCUT2D eigenvalue weighted by Crippen LogP contribution is 2.31. The van der Waals surface area contributed by atoms with Crippen molar-refractivity contribution in [2.24, 2.45) is 0 Å². The Morgan fingerprint density at radius 2 is 1.68 bits per heavy atom. The van der Waals surface area contributed by atoms with Crippen LogP contribution in [0.5, 0.6) is 17.2 Å². The van der Waals surface area contributed by atoms with E-state index in [0.29, 0.717) is 11.6 Å². The predicted molar refractivity (Wildman–Crippen MR) is 120 cm³/mol. The van der Waals surface area contributed by atoms with Crippen LogP contribution in [0.3, 0.4) is 0 Å². The first-order chi connectivity index (χ1) is 17.3. The molecule has 0 saturated heterocycles. The summed E-state index contributed by atoms with van der Waals surface area (Å²) in [5, 5.41) is 9.38. The van der Waals surface area contributed by atoms with Crippen LogP contribution in [0.2, 0.25) is 5.02 Å². The summed E-state index contributed by atoms with van der Waals surface area (Å²) in [6.07, 6.45) is -8.48. The lowest BCUT2D eigenvalue weighted by molar-refractivity contribution is -0.276. The van der Waals surface area contributed by atoms with Gasteiger partial charge in [-0.05, 0) is 48.9 Å². The lowest BCUT2D eigenvalue weighted by Crippen LogP contribution is -2.26. The summed E-state index contributed by atoms with van der Waals surface area (Å²) >= 11 is 6.16. The molecule has 37 heavy (non-hydrogen) atoms. The Morgan fingerprint density at radius 1 is 1.05 bits per heavy atom. The summed E-state index contributed by atoms with van der Waals surface area (Å²) in [5.74, 6) is 2.15. The van der Waals surface area contributed by atoms with E-state index < -0.39 is 36.3 Å². The van der Waals surface area contributed by atoms with Crippen molar-refractivity contribution < 1.29 is 55.2 Å². The lowest BCUT2D eigenvalue weighted by atomic mass is 10.1. The van der Waals surface area contributed by atoms with Gasteiger partial charge in [0, 0.05) is 24.7 Å². The third-order valence-corrected chi connectivity index (χ3v) is 4.46. The van der Waals surface area contributed by atoms with Gasteiger partial charge in [-0.3, -0.25) is 0 Å². The number of hydrogen-bond donors (Lipinski definition) is 1. The molecule has 0 spiro atoms. The molecule has 0 aromatic heterocycles. The maximum absolute atomic E-state index is 12.5. The van der Waals surface area contributed by atoms with Crippen LogP contribution in [0.25, 0.3) is 0 Å². The number of carbonyl (C=O) groups is 1. The van der Waals surface area contributed by atoms with E-state index in [4.69, 9.17) is 26.2 Å². The molecule has 0 fully saturated rings. The molecule has 200 valence electrons. The van der Waals surface area contributed by atoms with Crippen molar-refractivity contribution in [3.8, 4) is 29.1 Å². The number of ether oxygens (including phenoxy) is 4. The molecule has 2 aromatic carbocycles. The minimum Gasteiger partial charge on any atom is -0.488 e. The number of halogens is 7. The number of aliphatic carboxylic acids is 1. The molecule has 13 heteroatoms. The van der Waals surface area contributed by atoms with Gasteiger partial charge in [0.15, 0.2) is 6.10 Å². The molecule has 0 aliphatic heterocycles. The van der Waals surface area contributed by atoms with E-state index in [0.717, 1.165) is 12.1 Å². The lowest BCUT2D eigenvalue weighted by Gasteiger charge is -2.13. The summed E-state index contributed by atoms with van der Waals surface area (Å²) in [4.78, 5) is 11.2. The van der Waals surface area contributed by atoms with Gasteiger partial charge in [-0.2, -0.15) is 0 Å². The van der Waals surface area contributed by atoms with Crippen molar-refractivity contribution in [3.63, 3.8) is 0 Å². The second kappa shape index (κ2) is 13.1. The van der Waals surface area contributed by atoms with Crippen molar-refractivity contribution in [2.75, 3.05) is 13.2 Å². The van der Waals surface area contributed by atoms with Gasteiger partial charge in [0.2, 0.25) is 0 Å². The summed E-state index contributed by atoms with van der Waals surface area (Å²) in [7, 11) is 0. The second-order valence-electron chi connectivity index (χ2n) is 7.02. The second-order valence-corrected chi connectivity index (χ2v) is 7.43. The molecule has 0 aliphatic rings. The van der Waals surface area contributed by atoms with E-state index in [9.17, 15) is 31.1 Å². The summed E-state index contributed by atoms with van der Waals surface area (Å²) in [6, 6.07) is 6.73. The first kappa shape index (κ1) is 29.7. The normalized spacial score (nSPS) is 12.5. The quantitative estimate of drug-likeness (QED) is 0.281. The van der Waals surface area contributed by atoms with Crippen LogP contribution in [0, 0.1) is 11.8 Å². The number of alkyl halides is 6. The number of benzene rings is 2. The van der Waals surface area contributed by atoms with E-state index in [-0.39, 0.29) is 36.0 Å². The molecule has 0 amide bonds. The molecule has 6 nitrogen and oxygen atoms in total. The fourth-order valence-electron chi connectivity index (χ4n) is 2.82. The number of carboxylic acids is 1. The topological polar surface area (TPSA) is 74.2 Å². The Morgan fingerprint density at radius 3 is 2.19 bits per heavy atom. The van der Waals surface area contributed by atoms with Gasteiger partial charge >= 0.3 is 18.7 Å². The molecule has 1 N–H and O–H groups in total. The van der Waals surface area contributed by atoms with Gasteiger partial charge in [0.05, 0.1) is 5.02 Å². The molecule has 0 saturated carbocycles. The highest BCUT2D eigenvalue weighted by molar-refractivity contribution is 6.32. The zero-order chi connectivity index (χ0) is 27.6. The Balaban J connectivity index is 2.03. The molecule has 0 heterocycles. The van der Waals surface area contributed by atoms with Gasteiger partial charge in [-0.25, -0.2) is 4.79 Å². The largest absolute Gasteiger partial charge is 0.573 e. The average Bonchev–Trinajstić information content (AvgIpc) is 2.74. The first-order valence-corrected chi connectivity index (χ1v) is 10.7. The SMILES string of the molecule is CCOC(Cc1ccc(OCC=CC#Cc2cc(OC(F)(F)F)cc(OC(F)(F)F)c2)c(Cl)c1)C(=O)O. The van der Waals surface area contributed by atoms with Crippen LogP contribution in [0.4, 0.5) is 26.3 Å². The highest BCUT2D eigenvalue weighted by Gasteiger charge is 2.33. The van der Waals surface area contributed by atoms with Gasteiger partial charge < -0.3 is 24.1 Å². The minimum atomic E-state index is -5.13. The maximum Gasteiger partial charge on any atom is 0.573 e. The minimum absolute atomic E-state index is 0.0237. The molecule has 0 aliphatic carbocycles. The van der Waals surface area contributed by atoms with E-state index in [2.05, 4.69) is 21.3 Å². The summed E-state index contributed by atoms with van der Waals surface area (Å²) < 4.78 is 92.7. The van der Waals surface area contributed by atoms with Crippen molar-refractivity contribution in [2.45, 2.75) is 32.2 Å². The zero-order valence-corrected chi connectivity index (χ0v) is 19.7. The summed E-state index contributed by atoms with van der Waals surface area (Å²) in [5.41, 5.74) is 0.391. The van der Waals surface area contributed by atoms with Crippen LogP contribution in [0.1, 0.15) is 18.1 Å². The Bertz CT molecular complexity index is 1130. The van der Waals surface area contributed by atoms with Gasteiger partial charge in [-0.15, -0.1) is 26.3 Å². The van der Waals surface area contributed by atoms with Gasteiger partial charge in [0.1, 0.15) is 23.9 Å². The molecule has 0 bridgehead atoms. The van der Waals surface area contributed by atoms with Crippen LogP contribution in [-0.2, 0) is 16.0 Å². The van der Waals surface area contributed by atoms with Crippen molar-refractivity contribution in [1.82, 2.24) is 0 Å². The molecule has 1 unspecified atom stereocenters. The zero-order valence-electron chi connectivity index (χ0n) is 19.0. The third-order valence-electron chi connectivity index (χ3n) is 4.16. The first-order valence-electron chi connectivity index (χ1n) is 10.3. The fourth-order valence-corrected chi connectivity index (χ4v) is 3.08. The fraction of sp³-hybridized carbons (Fsp3) is 0.292. The predicted octanol–water partition coefficient (Wildman–Crippen LogP) is 6.16. The Labute approximate surface area is 212 Å². The van der Waals surface area contributed by atoms with Crippen LogP contribution in [-0.4, -0.2) is 43.1 Å². The van der Waals surface area contributed by atoms with E-state index >= 15 is 0 Å². The van der Waals surface area contributed by atoms with Crippen LogP contribution >= 0.6 is 11.6 Å². The van der Waals surface area contributed by atoms with E-state index in [1.165, 1.54) is 24.3 Å². The number of hydrogen-bond acceptors (Lipinski definition) is 5. The van der Waals surface area contributed by atoms with Crippen LogP contribution in [0.15, 0.2) is 48.6 Å². The van der Waals surface area contributed by atoms with Gasteiger partial charge in [0.25, 0.3) is 0 Å². The number of allylic oxidation sites excluding steroid dienone is 1. The number of rotatable bonds is 10. The van der Waals surface area contributed by atoms with E-state index in [1.54, 1.807) is 13.0 Å². The molecule has 1 atom stereocenters. The summed E-state index contributed by atoms with van der Waals surface area (Å²) in [6.45, 7) is 1.89. The van der Waals surface area contributed by atoms with Crippen molar-refractivity contribution in [1.29, 1.82) is 0 Å². The number of carboxylic acid groups (broad SMARTS) is 1. The van der Waals surface area contributed by atoms with E-state index in [1.807, 2.05) is 0 Å². The molecule has 2 aromatic rings. The molecule has 0 radical (unpaired) electrons. The van der Waals surface area contributed by atoms with Crippen LogP contribution < -0.4 is 14.2 Å². The Kier molecular flexibility index (Phi) is 10.5. The molecular weight excluding hydrogens is 534 g/mol. The maximum atomic E-state index is 12.5. The highest BCUT2D eigenvalue weighted by atomic mass is 35.5. The third kappa shape index (κ3) is 11.4. The van der Waals surface area contributed by atoms with Gasteiger partial charge in [-0.1, -0.05) is 29.5 Å². The van der Waals surface area contributed by atoms with Crippen molar-refractivity contribution >= 4 is 17.6 Å². The smallest absolute Gasteiger partial charge is 0.488 e. The average molecular weight is 553 g/mol. The Hall–Kier alpha value is -3.56. The van der Waals surface area contributed by atoms with Crippen molar-refractivity contribution in [3.05, 3.63) is 64.7 Å². The molecular formula is C24H19ClF6O6. The monoisotopic (exact) mass is 552 g/mol.